The van der Waals surface area contributed by atoms with E-state index in [1.807, 2.05) is 16.7 Å². The number of carbonyl (C=O) groups excluding carboxylic acids is 1. The van der Waals surface area contributed by atoms with Gasteiger partial charge in [0.2, 0.25) is 5.91 Å². The Morgan fingerprint density at radius 2 is 2.39 bits per heavy atom. The number of halogens is 1. The average molecular weight is 295 g/mol. The van der Waals surface area contributed by atoms with Crippen molar-refractivity contribution in [2.24, 2.45) is 0 Å². The summed E-state index contributed by atoms with van der Waals surface area (Å²) < 4.78 is 5.38. The van der Waals surface area contributed by atoms with Crippen LogP contribution in [-0.2, 0) is 9.53 Å². The molecule has 6 heteroatoms. The molecule has 2 saturated heterocycles. The minimum Gasteiger partial charge on any atom is -0.378 e. The van der Waals surface area contributed by atoms with Crippen molar-refractivity contribution in [3.63, 3.8) is 0 Å². The van der Waals surface area contributed by atoms with E-state index in [0.29, 0.717) is 18.3 Å². The second-order valence-corrected chi connectivity index (χ2v) is 6.08. The molecule has 1 amide bonds. The van der Waals surface area contributed by atoms with E-state index in [0.717, 1.165) is 38.4 Å². The molecule has 0 aromatic carbocycles. The Hall–Kier alpha value is 0.0300. The third kappa shape index (κ3) is 4.61. The van der Waals surface area contributed by atoms with Crippen molar-refractivity contribution < 1.29 is 9.53 Å². The highest BCUT2D eigenvalue weighted by molar-refractivity contribution is 8.00. The van der Waals surface area contributed by atoms with Crippen LogP contribution in [0.2, 0.25) is 0 Å². The van der Waals surface area contributed by atoms with Crippen molar-refractivity contribution in [1.82, 2.24) is 10.2 Å². The second kappa shape index (κ2) is 8.25. The maximum Gasteiger partial charge on any atom is 0.224 e. The van der Waals surface area contributed by atoms with Gasteiger partial charge in [0, 0.05) is 43.1 Å². The van der Waals surface area contributed by atoms with Gasteiger partial charge < -0.3 is 15.0 Å². The maximum atomic E-state index is 12.1. The molecule has 0 aromatic heterocycles. The molecule has 2 atom stereocenters. The van der Waals surface area contributed by atoms with Gasteiger partial charge in [0.1, 0.15) is 0 Å². The van der Waals surface area contributed by atoms with Crippen LogP contribution in [0.25, 0.3) is 0 Å². The number of morpholine rings is 1. The van der Waals surface area contributed by atoms with Crippen LogP contribution in [0, 0.1) is 0 Å². The number of carbonyl (C=O) groups is 1. The molecule has 0 bridgehead atoms. The first-order valence-electron chi connectivity index (χ1n) is 6.50. The van der Waals surface area contributed by atoms with Crippen molar-refractivity contribution in [2.45, 2.75) is 31.1 Å². The van der Waals surface area contributed by atoms with Gasteiger partial charge in [-0.15, -0.1) is 12.4 Å². The highest BCUT2D eigenvalue weighted by Gasteiger charge is 2.25. The number of rotatable bonds is 3. The summed E-state index contributed by atoms with van der Waals surface area (Å²) in [6.07, 6.45) is 1.74. The molecule has 2 heterocycles. The van der Waals surface area contributed by atoms with Crippen LogP contribution in [0.5, 0.6) is 0 Å². The molecule has 18 heavy (non-hydrogen) atoms. The van der Waals surface area contributed by atoms with Gasteiger partial charge in [0.05, 0.1) is 13.2 Å². The molecular weight excluding hydrogens is 272 g/mol. The zero-order chi connectivity index (χ0) is 12.1. The van der Waals surface area contributed by atoms with Crippen LogP contribution in [0.4, 0.5) is 0 Å². The summed E-state index contributed by atoms with van der Waals surface area (Å²) in [6.45, 7) is 6.34. The van der Waals surface area contributed by atoms with Gasteiger partial charge >= 0.3 is 0 Å². The van der Waals surface area contributed by atoms with E-state index in [1.54, 1.807) is 0 Å². The van der Waals surface area contributed by atoms with E-state index in [4.69, 9.17) is 4.74 Å². The van der Waals surface area contributed by atoms with Gasteiger partial charge in [-0.1, -0.05) is 6.92 Å². The number of thioether (sulfide) groups is 1. The van der Waals surface area contributed by atoms with Gasteiger partial charge in [-0.2, -0.15) is 11.8 Å². The van der Waals surface area contributed by atoms with Gasteiger partial charge in [0.25, 0.3) is 0 Å². The fraction of sp³-hybridized carbons (Fsp3) is 0.917. The van der Waals surface area contributed by atoms with Crippen molar-refractivity contribution in [3.05, 3.63) is 0 Å². The first-order valence-corrected chi connectivity index (χ1v) is 7.55. The summed E-state index contributed by atoms with van der Waals surface area (Å²) >= 11 is 2.00. The zero-order valence-corrected chi connectivity index (χ0v) is 12.5. The number of nitrogens with zero attached hydrogens (tertiary/aromatic N) is 1. The lowest BCUT2D eigenvalue weighted by Gasteiger charge is -2.33. The van der Waals surface area contributed by atoms with Crippen LogP contribution < -0.4 is 5.32 Å². The van der Waals surface area contributed by atoms with E-state index in [-0.39, 0.29) is 24.4 Å². The summed E-state index contributed by atoms with van der Waals surface area (Å²) in [6, 6.07) is 0.214. The van der Waals surface area contributed by atoms with Gasteiger partial charge in [-0.05, 0) is 6.42 Å². The third-order valence-electron chi connectivity index (χ3n) is 3.37. The molecule has 2 aliphatic heterocycles. The molecule has 106 valence electrons. The van der Waals surface area contributed by atoms with E-state index < -0.39 is 0 Å². The standard InChI is InChI=1S/C12H22N2O2S.ClH/c1-2-11-8-14(4-6-17-11)12(15)7-10-9-16-5-3-13-10;/h10-11,13H,2-9H2,1H3;1H. The van der Waals surface area contributed by atoms with Gasteiger partial charge in [-0.3, -0.25) is 4.79 Å². The second-order valence-electron chi connectivity index (χ2n) is 4.67. The van der Waals surface area contributed by atoms with Crippen LogP contribution in [0.3, 0.4) is 0 Å². The lowest BCUT2D eigenvalue weighted by molar-refractivity contribution is -0.132. The monoisotopic (exact) mass is 294 g/mol. The summed E-state index contributed by atoms with van der Waals surface area (Å²) in [7, 11) is 0. The number of hydrogen-bond donors (Lipinski definition) is 1. The smallest absolute Gasteiger partial charge is 0.224 e. The van der Waals surface area contributed by atoms with Crippen LogP contribution in [0.1, 0.15) is 19.8 Å². The Morgan fingerprint density at radius 3 is 3.06 bits per heavy atom. The fourth-order valence-corrected chi connectivity index (χ4v) is 3.46. The number of amides is 1. The number of hydrogen-bond acceptors (Lipinski definition) is 4. The molecular formula is C12H23ClN2O2S. The number of nitrogens with one attached hydrogen (secondary N) is 1. The third-order valence-corrected chi connectivity index (χ3v) is 4.74. The van der Waals surface area contributed by atoms with Crippen LogP contribution in [-0.4, -0.2) is 60.7 Å². The van der Waals surface area contributed by atoms with Crippen LogP contribution in [0.15, 0.2) is 0 Å². The first-order chi connectivity index (χ1) is 8.29. The van der Waals surface area contributed by atoms with Gasteiger partial charge in [0.15, 0.2) is 0 Å². The Kier molecular flexibility index (Phi) is 7.37. The Labute approximate surface area is 120 Å². The lowest BCUT2D eigenvalue weighted by atomic mass is 10.1. The molecule has 2 unspecified atom stereocenters. The predicted octanol–water partition coefficient (Wildman–Crippen LogP) is 1.14. The summed E-state index contributed by atoms with van der Waals surface area (Å²) in [4.78, 5) is 14.2. The van der Waals surface area contributed by atoms with Crippen molar-refractivity contribution in [2.75, 3.05) is 38.6 Å². The van der Waals surface area contributed by atoms with E-state index in [2.05, 4.69) is 12.2 Å². The molecule has 2 rings (SSSR count). The quantitative estimate of drug-likeness (QED) is 0.848. The van der Waals surface area contributed by atoms with E-state index in [1.165, 1.54) is 0 Å². The minimum atomic E-state index is 0. The molecule has 4 nitrogen and oxygen atoms in total. The molecule has 2 fully saturated rings. The highest BCUT2D eigenvalue weighted by atomic mass is 35.5. The molecule has 0 saturated carbocycles. The Bertz CT molecular complexity index is 262. The molecule has 0 aliphatic carbocycles. The van der Waals surface area contributed by atoms with Gasteiger partial charge in [-0.25, -0.2) is 0 Å². The summed E-state index contributed by atoms with van der Waals surface area (Å²) in [5, 5.41) is 3.96. The molecule has 1 N–H and O–H groups in total. The zero-order valence-electron chi connectivity index (χ0n) is 10.9. The fourth-order valence-electron chi connectivity index (χ4n) is 2.28. The molecule has 0 aromatic rings. The topological polar surface area (TPSA) is 41.6 Å². The molecule has 2 aliphatic rings. The predicted molar refractivity (Wildman–Crippen MR) is 77.6 cm³/mol. The van der Waals surface area contributed by atoms with Crippen LogP contribution >= 0.6 is 24.2 Å². The Balaban J connectivity index is 0.00000162. The SMILES string of the molecule is CCC1CN(C(=O)CC2COCCN2)CCS1.Cl. The summed E-state index contributed by atoms with van der Waals surface area (Å²) in [5.74, 6) is 1.37. The van der Waals surface area contributed by atoms with E-state index in [9.17, 15) is 4.79 Å². The lowest BCUT2D eigenvalue weighted by Crippen LogP contribution is -2.47. The normalized spacial score (nSPS) is 28.6. The average Bonchev–Trinajstić information content (AvgIpc) is 2.40. The first kappa shape index (κ1) is 16.1. The van der Waals surface area contributed by atoms with Crippen molar-refractivity contribution >= 4 is 30.1 Å². The summed E-state index contributed by atoms with van der Waals surface area (Å²) in [5.41, 5.74) is 0. The van der Waals surface area contributed by atoms with Crippen molar-refractivity contribution in [1.29, 1.82) is 0 Å². The molecule has 0 spiro atoms. The minimum absolute atomic E-state index is 0. The maximum absolute atomic E-state index is 12.1. The largest absolute Gasteiger partial charge is 0.378 e. The highest BCUT2D eigenvalue weighted by Crippen LogP contribution is 2.21. The molecule has 0 radical (unpaired) electrons. The number of ether oxygens (including phenoxy) is 1. The van der Waals surface area contributed by atoms with Crippen molar-refractivity contribution in [3.8, 4) is 0 Å². The Morgan fingerprint density at radius 1 is 1.56 bits per heavy atom. The van der Waals surface area contributed by atoms with E-state index >= 15 is 0 Å².